The molecule has 3 heteroatoms. The van der Waals surface area contributed by atoms with Crippen LogP contribution in [-0.4, -0.2) is 19.6 Å². The van der Waals surface area contributed by atoms with Crippen molar-refractivity contribution in [3.63, 3.8) is 0 Å². The van der Waals surface area contributed by atoms with Gasteiger partial charge in [0.05, 0.1) is 0 Å². The van der Waals surface area contributed by atoms with Crippen LogP contribution < -0.4 is 11.1 Å². The maximum absolute atomic E-state index is 13.3. The van der Waals surface area contributed by atoms with Crippen LogP contribution in [0.3, 0.4) is 0 Å². The molecule has 0 amide bonds. The van der Waals surface area contributed by atoms with Gasteiger partial charge in [0.2, 0.25) is 0 Å². The van der Waals surface area contributed by atoms with E-state index in [2.05, 4.69) is 54.4 Å². The molecule has 0 heterocycles. The fourth-order valence-electron chi connectivity index (χ4n) is 3.16. The summed E-state index contributed by atoms with van der Waals surface area (Å²) < 4.78 is 13.3. The van der Waals surface area contributed by atoms with Crippen molar-refractivity contribution < 1.29 is 4.39 Å². The lowest BCUT2D eigenvalue weighted by Gasteiger charge is -2.21. The highest BCUT2D eigenvalue weighted by Gasteiger charge is 2.15. The van der Waals surface area contributed by atoms with Gasteiger partial charge >= 0.3 is 0 Å². The van der Waals surface area contributed by atoms with Crippen LogP contribution in [0, 0.1) is 5.82 Å². The fraction of sp³-hybridized carbons (Fsp3) is 0.231. The zero-order valence-corrected chi connectivity index (χ0v) is 17.2. The number of halogens is 1. The molecule has 2 nitrogen and oxygen atoms in total. The lowest BCUT2D eigenvalue weighted by molar-refractivity contribution is 0.606. The van der Waals surface area contributed by atoms with Crippen molar-refractivity contribution in [2.45, 2.75) is 25.3 Å². The molecule has 0 aliphatic heterocycles. The van der Waals surface area contributed by atoms with Gasteiger partial charge in [-0.25, -0.2) is 4.39 Å². The molecule has 0 fully saturated rings. The Morgan fingerprint density at radius 2 is 1.79 bits per heavy atom. The number of likely N-dealkylation sites (N-methyl/N-ethyl adjacent to an activating group) is 1. The molecule has 1 unspecified atom stereocenters. The van der Waals surface area contributed by atoms with Crippen molar-refractivity contribution in [1.82, 2.24) is 5.32 Å². The van der Waals surface area contributed by atoms with E-state index in [1.807, 2.05) is 25.3 Å². The number of allylic oxidation sites excluding steroid dienone is 5. The Morgan fingerprint density at radius 3 is 2.45 bits per heavy atom. The first-order valence-corrected chi connectivity index (χ1v) is 10.1. The first-order chi connectivity index (χ1) is 14.2. The predicted molar refractivity (Wildman–Crippen MR) is 123 cm³/mol. The van der Waals surface area contributed by atoms with Gasteiger partial charge in [0, 0.05) is 6.04 Å². The average molecular weight is 391 g/mol. The zero-order valence-electron chi connectivity index (χ0n) is 17.2. The van der Waals surface area contributed by atoms with Crippen molar-refractivity contribution in [2.24, 2.45) is 5.73 Å². The van der Waals surface area contributed by atoms with E-state index < -0.39 is 0 Å². The largest absolute Gasteiger partial charge is 0.330 e. The van der Waals surface area contributed by atoms with Crippen LogP contribution in [0.2, 0.25) is 0 Å². The van der Waals surface area contributed by atoms with Crippen LogP contribution >= 0.6 is 0 Å². The van der Waals surface area contributed by atoms with E-state index in [0.29, 0.717) is 6.54 Å². The Balaban J connectivity index is 2.05. The number of nitrogens with two attached hydrogens (primary N) is 1. The number of hydrogen-bond donors (Lipinski definition) is 2. The number of aryl methyl sites for hydroxylation is 1. The van der Waals surface area contributed by atoms with Crippen molar-refractivity contribution in [1.29, 1.82) is 0 Å². The standard InChI is InChI=1S/C26H31FN2/c1-21(23-15-17-24(27)18-16-23)25(26(29-2)19-20-28)14-10-5-3-4-7-11-22-12-8-6-9-13-22/h3-6,8-10,12-18,26,29H,1,7,11,19-20,28H2,2H3/b4-3+,10-5-,25-14+. The van der Waals surface area contributed by atoms with Gasteiger partial charge in [-0.1, -0.05) is 79.4 Å². The summed E-state index contributed by atoms with van der Waals surface area (Å²) in [6.45, 7) is 4.82. The maximum Gasteiger partial charge on any atom is 0.123 e. The summed E-state index contributed by atoms with van der Waals surface area (Å²) in [7, 11) is 1.92. The summed E-state index contributed by atoms with van der Waals surface area (Å²) in [5.74, 6) is -0.250. The normalized spacial score (nSPS) is 13.3. The van der Waals surface area contributed by atoms with Crippen molar-refractivity contribution in [3.05, 3.63) is 114 Å². The molecule has 0 saturated heterocycles. The van der Waals surface area contributed by atoms with Crippen molar-refractivity contribution in [2.75, 3.05) is 13.6 Å². The van der Waals surface area contributed by atoms with E-state index in [1.54, 1.807) is 12.1 Å². The highest BCUT2D eigenvalue weighted by molar-refractivity contribution is 5.78. The predicted octanol–water partition coefficient (Wildman–Crippen LogP) is 5.45. The van der Waals surface area contributed by atoms with E-state index in [4.69, 9.17) is 5.73 Å². The summed E-state index contributed by atoms with van der Waals surface area (Å²) in [6, 6.07) is 17.0. The molecule has 0 spiro atoms. The molecule has 0 bridgehead atoms. The average Bonchev–Trinajstić information content (AvgIpc) is 2.75. The minimum Gasteiger partial charge on any atom is -0.330 e. The van der Waals surface area contributed by atoms with Crippen LogP contribution in [0.4, 0.5) is 4.39 Å². The molecule has 0 aliphatic carbocycles. The maximum atomic E-state index is 13.3. The topological polar surface area (TPSA) is 38.0 Å². The van der Waals surface area contributed by atoms with Gasteiger partial charge < -0.3 is 11.1 Å². The third-order valence-electron chi connectivity index (χ3n) is 4.80. The number of hydrogen-bond acceptors (Lipinski definition) is 2. The second-order valence-electron chi connectivity index (χ2n) is 6.86. The molecule has 2 aromatic rings. The summed E-state index contributed by atoms with van der Waals surface area (Å²) in [6.07, 6.45) is 13.2. The van der Waals surface area contributed by atoms with Crippen LogP contribution in [0.5, 0.6) is 0 Å². The van der Waals surface area contributed by atoms with Gasteiger partial charge in [0.1, 0.15) is 5.82 Å². The molecular weight excluding hydrogens is 359 g/mol. The summed E-state index contributed by atoms with van der Waals surface area (Å²) in [5.41, 5.74) is 9.96. The Hall–Kier alpha value is -2.75. The van der Waals surface area contributed by atoms with E-state index in [-0.39, 0.29) is 11.9 Å². The van der Waals surface area contributed by atoms with Gasteiger partial charge in [-0.15, -0.1) is 0 Å². The molecule has 0 radical (unpaired) electrons. The number of benzene rings is 2. The molecule has 3 N–H and O–H groups in total. The molecule has 152 valence electrons. The third-order valence-corrected chi connectivity index (χ3v) is 4.80. The Bertz CT molecular complexity index is 833. The van der Waals surface area contributed by atoms with Gasteiger partial charge in [0.15, 0.2) is 0 Å². The number of nitrogens with one attached hydrogen (secondary N) is 1. The van der Waals surface area contributed by atoms with E-state index in [1.165, 1.54) is 17.7 Å². The van der Waals surface area contributed by atoms with Crippen LogP contribution in [0.25, 0.3) is 5.57 Å². The van der Waals surface area contributed by atoms with Gasteiger partial charge in [-0.3, -0.25) is 0 Å². The van der Waals surface area contributed by atoms with Crippen LogP contribution in [-0.2, 0) is 6.42 Å². The van der Waals surface area contributed by atoms with E-state index in [9.17, 15) is 4.39 Å². The molecule has 0 aromatic heterocycles. The van der Waals surface area contributed by atoms with E-state index in [0.717, 1.165) is 36.0 Å². The quantitative estimate of drug-likeness (QED) is 0.501. The first-order valence-electron chi connectivity index (χ1n) is 10.1. The fourth-order valence-corrected chi connectivity index (χ4v) is 3.16. The lowest BCUT2D eigenvalue weighted by atomic mass is 9.91. The smallest absolute Gasteiger partial charge is 0.123 e. The summed E-state index contributed by atoms with van der Waals surface area (Å²) in [4.78, 5) is 0. The van der Waals surface area contributed by atoms with Crippen LogP contribution in [0.1, 0.15) is 24.0 Å². The zero-order chi connectivity index (χ0) is 20.9. The highest BCUT2D eigenvalue weighted by atomic mass is 19.1. The second-order valence-corrected chi connectivity index (χ2v) is 6.86. The molecular formula is C26H31FN2. The monoisotopic (exact) mass is 390 g/mol. The summed E-state index contributed by atoms with van der Waals surface area (Å²) >= 11 is 0. The van der Waals surface area contributed by atoms with E-state index >= 15 is 0 Å². The molecule has 0 aliphatic rings. The van der Waals surface area contributed by atoms with Gasteiger partial charge in [-0.2, -0.15) is 0 Å². The first kappa shape index (κ1) is 22.5. The number of rotatable bonds is 11. The molecule has 1 atom stereocenters. The third kappa shape index (κ3) is 7.65. The second kappa shape index (κ2) is 12.7. The molecule has 2 aromatic carbocycles. The molecule has 0 saturated carbocycles. The van der Waals surface area contributed by atoms with Gasteiger partial charge in [0.25, 0.3) is 0 Å². The van der Waals surface area contributed by atoms with Gasteiger partial charge in [-0.05, 0) is 67.3 Å². The minimum absolute atomic E-state index is 0.0873. The lowest BCUT2D eigenvalue weighted by Crippen LogP contribution is -2.30. The Kier molecular flexibility index (Phi) is 9.84. The Labute approximate surface area is 174 Å². The SMILES string of the molecule is C=C(\C(=C/C=C\C=C\CCc1ccccc1)C(CCN)NC)c1ccc(F)cc1. The Morgan fingerprint density at radius 1 is 1.07 bits per heavy atom. The molecule has 29 heavy (non-hydrogen) atoms. The minimum atomic E-state index is -0.250. The molecule has 2 rings (SSSR count). The summed E-state index contributed by atoms with van der Waals surface area (Å²) in [5, 5.41) is 3.31. The van der Waals surface area contributed by atoms with Crippen LogP contribution in [0.15, 0.2) is 97.1 Å². The van der Waals surface area contributed by atoms with Crippen molar-refractivity contribution in [3.8, 4) is 0 Å². The highest BCUT2D eigenvalue weighted by Crippen LogP contribution is 2.25. The van der Waals surface area contributed by atoms with Crippen molar-refractivity contribution >= 4 is 5.57 Å².